The second-order valence-corrected chi connectivity index (χ2v) is 3.94. The van der Waals surface area contributed by atoms with Gasteiger partial charge in [-0.3, -0.25) is 4.79 Å². The summed E-state index contributed by atoms with van der Waals surface area (Å²) in [6.07, 6.45) is -0.648. The Kier molecular flexibility index (Phi) is 2.00. The number of aliphatic hydroxyl groups excluding tert-OH is 2. The third-order valence-corrected chi connectivity index (χ3v) is 2.37. The number of aliphatic hydroxyl groups is 2. The first kappa shape index (κ1) is 9.26. The van der Waals surface area contributed by atoms with Gasteiger partial charge in [-0.1, -0.05) is 13.8 Å². The third-order valence-electron chi connectivity index (χ3n) is 2.37. The predicted octanol–water partition coefficient (Wildman–Crippen LogP) is 1.18. The van der Waals surface area contributed by atoms with Crippen molar-refractivity contribution in [1.29, 1.82) is 0 Å². The van der Waals surface area contributed by atoms with Crippen molar-refractivity contribution >= 4 is 5.78 Å². The molecule has 2 N–H and O–H groups in total. The lowest BCUT2D eigenvalue weighted by molar-refractivity contribution is -0.126. The van der Waals surface area contributed by atoms with Gasteiger partial charge in [0, 0.05) is 11.0 Å². The number of allylic oxidation sites excluding steroid dienone is 1. The van der Waals surface area contributed by atoms with E-state index in [0.717, 1.165) is 0 Å². The van der Waals surface area contributed by atoms with Gasteiger partial charge in [0.15, 0.2) is 5.78 Å². The molecular formula is C9H14O3. The fourth-order valence-corrected chi connectivity index (χ4v) is 1.55. The number of rotatable bonds is 0. The van der Waals surface area contributed by atoms with E-state index in [2.05, 4.69) is 0 Å². The molecule has 12 heavy (non-hydrogen) atoms. The van der Waals surface area contributed by atoms with Gasteiger partial charge in [0.1, 0.15) is 11.9 Å². The fraction of sp³-hybridized carbons (Fsp3) is 0.667. The van der Waals surface area contributed by atoms with Gasteiger partial charge in [-0.15, -0.1) is 0 Å². The Labute approximate surface area is 71.7 Å². The Hall–Kier alpha value is -0.830. The van der Waals surface area contributed by atoms with E-state index in [1.54, 1.807) is 6.92 Å². The van der Waals surface area contributed by atoms with Crippen LogP contribution in [-0.4, -0.2) is 22.1 Å². The SMILES string of the molecule is CC1=C(O)C(C)(C)C[C@H](O)C1=O. The molecule has 0 bridgehead atoms. The molecule has 68 valence electrons. The number of carbonyl (C=O) groups is 1. The molecule has 1 atom stereocenters. The Morgan fingerprint density at radius 2 is 2.00 bits per heavy atom. The number of carbonyl (C=O) groups excluding carboxylic acids is 1. The molecular weight excluding hydrogens is 156 g/mol. The van der Waals surface area contributed by atoms with Crippen LogP contribution in [0.3, 0.4) is 0 Å². The summed E-state index contributed by atoms with van der Waals surface area (Å²) in [6, 6.07) is 0. The molecule has 0 aliphatic heterocycles. The molecule has 0 aromatic rings. The molecule has 0 amide bonds. The molecule has 0 unspecified atom stereocenters. The summed E-state index contributed by atoms with van der Waals surface area (Å²) < 4.78 is 0. The van der Waals surface area contributed by atoms with E-state index in [0.29, 0.717) is 12.0 Å². The fourth-order valence-electron chi connectivity index (χ4n) is 1.55. The quantitative estimate of drug-likeness (QED) is 0.574. The lowest BCUT2D eigenvalue weighted by atomic mass is 9.76. The largest absolute Gasteiger partial charge is 0.511 e. The maximum Gasteiger partial charge on any atom is 0.190 e. The summed E-state index contributed by atoms with van der Waals surface area (Å²) in [7, 11) is 0. The first-order chi connectivity index (χ1) is 5.36. The van der Waals surface area contributed by atoms with Gasteiger partial charge in [0.2, 0.25) is 0 Å². The molecule has 0 heterocycles. The molecule has 0 fully saturated rings. The summed E-state index contributed by atoms with van der Waals surface area (Å²) in [5, 5.41) is 18.8. The van der Waals surface area contributed by atoms with Crippen molar-refractivity contribution in [1.82, 2.24) is 0 Å². The average Bonchev–Trinajstić information content (AvgIpc) is 1.97. The summed E-state index contributed by atoms with van der Waals surface area (Å²) in [5.41, 5.74) is -0.184. The van der Waals surface area contributed by atoms with Gasteiger partial charge >= 0.3 is 0 Å². The van der Waals surface area contributed by atoms with Crippen LogP contribution in [0.2, 0.25) is 0 Å². The van der Waals surface area contributed by atoms with Crippen molar-refractivity contribution in [2.75, 3.05) is 0 Å². The van der Waals surface area contributed by atoms with Crippen LogP contribution in [0.15, 0.2) is 11.3 Å². The lowest BCUT2D eigenvalue weighted by Crippen LogP contribution is -2.36. The van der Waals surface area contributed by atoms with Crippen molar-refractivity contribution in [3.05, 3.63) is 11.3 Å². The highest BCUT2D eigenvalue weighted by Gasteiger charge is 2.37. The Morgan fingerprint density at radius 1 is 1.50 bits per heavy atom. The summed E-state index contributed by atoms with van der Waals surface area (Å²) >= 11 is 0. The number of Topliss-reactive ketones (excluding diaryl/α,β-unsaturated/α-hetero) is 1. The third kappa shape index (κ3) is 1.25. The van der Waals surface area contributed by atoms with Crippen LogP contribution in [0, 0.1) is 5.41 Å². The second-order valence-electron chi connectivity index (χ2n) is 3.94. The monoisotopic (exact) mass is 170 g/mol. The van der Waals surface area contributed by atoms with Crippen LogP contribution in [0.1, 0.15) is 27.2 Å². The number of ketones is 1. The van der Waals surface area contributed by atoms with Crippen molar-refractivity contribution < 1.29 is 15.0 Å². The zero-order valence-electron chi connectivity index (χ0n) is 7.59. The van der Waals surface area contributed by atoms with Gasteiger partial charge in [-0.2, -0.15) is 0 Å². The lowest BCUT2D eigenvalue weighted by Gasteiger charge is -2.32. The highest BCUT2D eigenvalue weighted by Crippen LogP contribution is 2.36. The highest BCUT2D eigenvalue weighted by atomic mass is 16.3. The minimum absolute atomic E-state index is 0.109. The van der Waals surface area contributed by atoms with E-state index >= 15 is 0 Å². The molecule has 0 aromatic carbocycles. The molecule has 1 aliphatic rings. The average molecular weight is 170 g/mol. The highest BCUT2D eigenvalue weighted by molar-refractivity contribution is 5.99. The Bertz CT molecular complexity index is 250. The molecule has 1 rings (SSSR count). The van der Waals surface area contributed by atoms with E-state index in [1.807, 2.05) is 13.8 Å². The molecule has 1 aliphatic carbocycles. The van der Waals surface area contributed by atoms with E-state index in [4.69, 9.17) is 0 Å². The molecule has 0 radical (unpaired) electrons. The minimum Gasteiger partial charge on any atom is -0.511 e. The summed E-state index contributed by atoms with van der Waals surface area (Å²) in [6.45, 7) is 5.16. The maximum absolute atomic E-state index is 11.2. The second kappa shape index (κ2) is 2.59. The zero-order chi connectivity index (χ0) is 9.52. The van der Waals surface area contributed by atoms with Crippen molar-refractivity contribution in [2.45, 2.75) is 33.3 Å². The molecule has 3 nitrogen and oxygen atoms in total. The summed E-state index contributed by atoms with van der Waals surface area (Å²) in [5.74, 6) is -0.246. The molecule has 0 saturated carbocycles. The van der Waals surface area contributed by atoms with Gasteiger partial charge in [-0.25, -0.2) is 0 Å². The van der Waals surface area contributed by atoms with E-state index in [9.17, 15) is 15.0 Å². The summed E-state index contributed by atoms with van der Waals surface area (Å²) in [4.78, 5) is 11.2. The van der Waals surface area contributed by atoms with Crippen LogP contribution in [0.4, 0.5) is 0 Å². The smallest absolute Gasteiger partial charge is 0.190 e. The Morgan fingerprint density at radius 3 is 2.50 bits per heavy atom. The van der Waals surface area contributed by atoms with Crippen molar-refractivity contribution in [3.8, 4) is 0 Å². The first-order valence-electron chi connectivity index (χ1n) is 3.99. The molecule has 0 spiro atoms. The van der Waals surface area contributed by atoms with Crippen LogP contribution in [0.25, 0.3) is 0 Å². The molecule has 0 aromatic heterocycles. The van der Waals surface area contributed by atoms with E-state index in [1.165, 1.54) is 0 Å². The minimum atomic E-state index is -0.948. The maximum atomic E-state index is 11.2. The van der Waals surface area contributed by atoms with Crippen LogP contribution >= 0.6 is 0 Å². The molecule has 3 heteroatoms. The first-order valence-corrected chi connectivity index (χ1v) is 3.99. The number of hydrogen-bond donors (Lipinski definition) is 2. The van der Waals surface area contributed by atoms with E-state index < -0.39 is 11.5 Å². The van der Waals surface area contributed by atoms with Crippen molar-refractivity contribution in [3.63, 3.8) is 0 Å². The van der Waals surface area contributed by atoms with Gasteiger partial charge in [-0.05, 0) is 13.3 Å². The zero-order valence-corrected chi connectivity index (χ0v) is 7.59. The van der Waals surface area contributed by atoms with Gasteiger partial charge in [0.25, 0.3) is 0 Å². The predicted molar refractivity (Wildman–Crippen MR) is 44.7 cm³/mol. The van der Waals surface area contributed by atoms with Crippen molar-refractivity contribution in [2.24, 2.45) is 5.41 Å². The standard InChI is InChI=1S/C9H14O3/c1-5-7(11)6(10)4-9(2,3)8(5)12/h6,10,12H,4H2,1-3H3/t6-/m0/s1. The molecule has 0 saturated heterocycles. The number of hydrogen-bond acceptors (Lipinski definition) is 3. The van der Waals surface area contributed by atoms with E-state index in [-0.39, 0.29) is 11.5 Å². The topological polar surface area (TPSA) is 57.5 Å². The normalized spacial score (nSPS) is 29.3. The Balaban J connectivity index is 3.13. The van der Waals surface area contributed by atoms with Crippen LogP contribution in [-0.2, 0) is 4.79 Å². The van der Waals surface area contributed by atoms with Gasteiger partial charge < -0.3 is 10.2 Å². The van der Waals surface area contributed by atoms with Crippen LogP contribution < -0.4 is 0 Å². The van der Waals surface area contributed by atoms with Gasteiger partial charge in [0.05, 0.1) is 0 Å². The van der Waals surface area contributed by atoms with Crippen LogP contribution in [0.5, 0.6) is 0 Å².